The number of hydrogen-bond donors (Lipinski definition) is 3. The van der Waals surface area contributed by atoms with Crippen LogP contribution in [0.15, 0.2) is 66.7 Å². The molecule has 0 aliphatic heterocycles. The zero-order valence-corrected chi connectivity index (χ0v) is 15.1. The molecule has 3 N–H and O–H groups in total. The van der Waals surface area contributed by atoms with Crippen molar-refractivity contribution in [3.05, 3.63) is 72.3 Å². The van der Waals surface area contributed by atoms with E-state index in [-0.39, 0.29) is 18.3 Å². The van der Waals surface area contributed by atoms with Crippen LogP contribution in [-0.4, -0.2) is 22.9 Å². The van der Waals surface area contributed by atoms with Gasteiger partial charge in [-0.15, -0.1) is 0 Å². The van der Waals surface area contributed by atoms with E-state index in [2.05, 4.69) is 5.32 Å². The Kier molecular flexibility index (Phi) is 5.94. The van der Waals surface area contributed by atoms with Crippen LogP contribution in [0.5, 0.6) is 5.75 Å². The SMILES string of the molecule is C[C@@H](CCO)[C@@H](OC(=O)Nc1ccccc1)c1ccc(O)c2ccccc12. The summed E-state index contributed by atoms with van der Waals surface area (Å²) in [7, 11) is 0. The van der Waals surface area contributed by atoms with E-state index in [0.717, 1.165) is 10.9 Å². The minimum Gasteiger partial charge on any atom is -0.507 e. The van der Waals surface area contributed by atoms with Crippen molar-refractivity contribution in [2.45, 2.75) is 19.4 Å². The molecule has 0 unspecified atom stereocenters. The number of fused-ring (bicyclic) bond motifs is 1. The predicted octanol–water partition coefficient (Wildman–Crippen LogP) is 4.85. The van der Waals surface area contributed by atoms with Gasteiger partial charge in [0.2, 0.25) is 0 Å². The number of aromatic hydroxyl groups is 1. The Morgan fingerprint density at radius 3 is 2.37 bits per heavy atom. The first-order valence-corrected chi connectivity index (χ1v) is 8.94. The van der Waals surface area contributed by atoms with Crippen LogP contribution < -0.4 is 5.32 Å². The highest BCUT2D eigenvalue weighted by molar-refractivity contribution is 5.91. The lowest BCUT2D eigenvalue weighted by molar-refractivity contribution is 0.0676. The van der Waals surface area contributed by atoms with Crippen molar-refractivity contribution in [3.63, 3.8) is 0 Å². The van der Waals surface area contributed by atoms with E-state index in [1.54, 1.807) is 24.3 Å². The minimum absolute atomic E-state index is 0.00263. The number of aliphatic hydroxyl groups is 1. The van der Waals surface area contributed by atoms with Crippen molar-refractivity contribution in [2.24, 2.45) is 5.92 Å². The third-order valence-corrected chi connectivity index (χ3v) is 4.60. The lowest BCUT2D eigenvalue weighted by atomic mass is 9.91. The fourth-order valence-corrected chi connectivity index (χ4v) is 3.18. The monoisotopic (exact) mass is 365 g/mol. The molecular formula is C22H23NO4. The average Bonchev–Trinajstić information content (AvgIpc) is 2.68. The molecule has 3 rings (SSSR count). The first-order valence-electron chi connectivity index (χ1n) is 8.94. The molecule has 0 aromatic heterocycles. The fourth-order valence-electron chi connectivity index (χ4n) is 3.18. The van der Waals surface area contributed by atoms with Gasteiger partial charge in [0.05, 0.1) is 0 Å². The van der Waals surface area contributed by atoms with E-state index >= 15 is 0 Å². The van der Waals surface area contributed by atoms with Crippen LogP contribution in [0.25, 0.3) is 10.8 Å². The second-order valence-electron chi connectivity index (χ2n) is 6.53. The van der Waals surface area contributed by atoms with E-state index in [1.807, 2.05) is 49.4 Å². The lowest BCUT2D eigenvalue weighted by Gasteiger charge is -2.25. The number of aliphatic hydroxyl groups excluding tert-OH is 1. The predicted molar refractivity (Wildman–Crippen MR) is 106 cm³/mol. The van der Waals surface area contributed by atoms with Gasteiger partial charge in [0.15, 0.2) is 0 Å². The van der Waals surface area contributed by atoms with E-state index in [4.69, 9.17) is 4.74 Å². The Hall–Kier alpha value is -3.05. The number of para-hydroxylation sites is 1. The average molecular weight is 365 g/mol. The van der Waals surface area contributed by atoms with E-state index < -0.39 is 12.2 Å². The van der Waals surface area contributed by atoms with E-state index in [1.165, 1.54) is 0 Å². The van der Waals surface area contributed by atoms with Crippen LogP contribution in [0.1, 0.15) is 25.0 Å². The number of phenols is 1. The van der Waals surface area contributed by atoms with Gasteiger partial charge in [-0.05, 0) is 35.9 Å². The molecule has 0 aliphatic carbocycles. The van der Waals surface area contributed by atoms with Crippen LogP contribution >= 0.6 is 0 Å². The summed E-state index contributed by atoms with van der Waals surface area (Å²) in [6.45, 7) is 1.93. The Morgan fingerprint density at radius 2 is 1.67 bits per heavy atom. The van der Waals surface area contributed by atoms with Gasteiger partial charge in [-0.1, -0.05) is 55.5 Å². The maximum absolute atomic E-state index is 12.5. The van der Waals surface area contributed by atoms with E-state index in [9.17, 15) is 15.0 Å². The third kappa shape index (κ3) is 4.38. The first kappa shape index (κ1) is 18.7. The molecule has 0 heterocycles. The standard InChI is InChI=1S/C22H23NO4/c1-15(13-14-24)21(27-22(26)23-16-7-3-2-4-8-16)19-11-12-20(25)18-10-6-5-9-17(18)19/h2-12,15,21,24-25H,13-14H2,1H3,(H,23,26)/t15-,21+/m0/s1. The van der Waals surface area contributed by atoms with Crippen LogP contribution in [0.3, 0.4) is 0 Å². The number of nitrogens with one attached hydrogen (secondary N) is 1. The number of carbonyl (C=O) groups excluding carboxylic acids is 1. The molecule has 3 aromatic carbocycles. The summed E-state index contributed by atoms with van der Waals surface area (Å²) >= 11 is 0. The van der Waals surface area contributed by atoms with Crippen molar-refractivity contribution < 1.29 is 19.7 Å². The van der Waals surface area contributed by atoms with Crippen molar-refractivity contribution in [3.8, 4) is 5.75 Å². The number of rotatable bonds is 6. The molecule has 0 fully saturated rings. The van der Waals surface area contributed by atoms with E-state index in [0.29, 0.717) is 17.5 Å². The molecule has 140 valence electrons. The molecule has 0 aliphatic rings. The van der Waals surface area contributed by atoms with Crippen LogP contribution in [0, 0.1) is 5.92 Å². The zero-order valence-electron chi connectivity index (χ0n) is 15.1. The van der Waals surface area contributed by atoms with Gasteiger partial charge in [-0.3, -0.25) is 5.32 Å². The smallest absolute Gasteiger partial charge is 0.412 e. The molecule has 0 radical (unpaired) electrons. The summed E-state index contributed by atoms with van der Waals surface area (Å²) in [5, 5.41) is 23.7. The Bertz CT molecular complexity index is 911. The second kappa shape index (κ2) is 8.56. The first-order chi connectivity index (χ1) is 13.1. The highest BCUT2D eigenvalue weighted by Gasteiger charge is 2.25. The molecule has 0 spiro atoms. The number of amides is 1. The van der Waals surface area contributed by atoms with Crippen LogP contribution in [0.4, 0.5) is 10.5 Å². The zero-order chi connectivity index (χ0) is 19.2. The van der Waals surface area contributed by atoms with Crippen molar-refractivity contribution in [1.82, 2.24) is 0 Å². The van der Waals surface area contributed by atoms with Gasteiger partial charge < -0.3 is 14.9 Å². The van der Waals surface area contributed by atoms with Crippen LogP contribution in [-0.2, 0) is 4.74 Å². The molecule has 1 amide bonds. The molecule has 0 bridgehead atoms. The Morgan fingerprint density at radius 1 is 1.00 bits per heavy atom. The molecule has 5 heteroatoms. The van der Waals surface area contributed by atoms with Gasteiger partial charge >= 0.3 is 6.09 Å². The van der Waals surface area contributed by atoms with Gasteiger partial charge in [-0.2, -0.15) is 0 Å². The summed E-state index contributed by atoms with van der Waals surface area (Å²) in [4.78, 5) is 12.5. The maximum Gasteiger partial charge on any atom is 0.412 e. The highest BCUT2D eigenvalue weighted by Crippen LogP contribution is 2.36. The van der Waals surface area contributed by atoms with Crippen LogP contribution in [0.2, 0.25) is 0 Å². The Balaban J connectivity index is 1.92. The second-order valence-corrected chi connectivity index (χ2v) is 6.53. The molecule has 5 nitrogen and oxygen atoms in total. The largest absolute Gasteiger partial charge is 0.507 e. The number of benzene rings is 3. The summed E-state index contributed by atoms with van der Waals surface area (Å²) in [5.74, 6) is 0.0705. The molecule has 27 heavy (non-hydrogen) atoms. The normalized spacial score (nSPS) is 13.1. The molecule has 0 saturated carbocycles. The molecular weight excluding hydrogens is 342 g/mol. The summed E-state index contributed by atoms with van der Waals surface area (Å²) in [6, 6.07) is 19.9. The van der Waals surface area contributed by atoms with Crippen molar-refractivity contribution in [1.29, 1.82) is 0 Å². The summed E-state index contributed by atoms with van der Waals surface area (Å²) in [5.41, 5.74) is 1.44. The number of carbonyl (C=O) groups is 1. The van der Waals surface area contributed by atoms with Crippen molar-refractivity contribution >= 4 is 22.6 Å². The number of hydrogen-bond acceptors (Lipinski definition) is 4. The topological polar surface area (TPSA) is 78.8 Å². The molecule has 2 atom stereocenters. The third-order valence-electron chi connectivity index (χ3n) is 4.60. The van der Waals surface area contributed by atoms with Crippen molar-refractivity contribution in [2.75, 3.05) is 11.9 Å². The highest BCUT2D eigenvalue weighted by atomic mass is 16.6. The summed E-state index contributed by atoms with van der Waals surface area (Å²) in [6.07, 6.45) is -0.641. The van der Waals surface area contributed by atoms with Gasteiger partial charge in [0.25, 0.3) is 0 Å². The van der Waals surface area contributed by atoms with Gasteiger partial charge in [0, 0.05) is 23.2 Å². The summed E-state index contributed by atoms with van der Waals surface area (Å²) < 4.78 is 5.76. The van der Waals surface area contributed by atoms with Gasteiger partial charge in [-0.25, -0.2) is 4.79 Å². The molecule has 0 saturated heterocycles. The fraction of sp³-hybridized carbons (Fsp3) is 0.227. The lowest BCUT2D eigenvalue weighted by Crippen LogP contribution is -2.22. The van der Waals surface area contributed by atoms with Gasteiger partial charge in [0.1, 0.15) is 11.9 Å². The Labute approximate surface area is 158 Å². The maximum atomic E-state index is 12.5. The quantitative estimate of drug-likeness (QED) is 0.583. The minimum atomic E-state index is -0.564. The number of anilines is 1. The number of phenolic OH excluding ortho intramolecular Hbond substituents is 1. The molecule has 3 aromatic rings. The number of ether oxygens (including phenoxy) is 1.